The Morgan fingerprint density at radius 1 is 1.33 bits per heavy atom. The zero-order valence-electron chi connectivity index (χ0n) is 12.0. The maximum atomic E-state index is 13.7. The van der Waals surface area contributed by atoms with Gasteiger partial charge in [-0.15, -0.1) is 0 Å². The molecule has 1 fully saturated rings. The first kappa shape index (κ1) is 15.6. The molecule has 1 aliphatic rings. The molecular weight excluding hydrogens is 285 g/mol. The zero-order chi connectivity index (χ0) is 16.0. The molecule has 4 nitrogen and oxygen atoms in total. The van der Waals surface area contributed by atoms with Crippen molar-refractivity contribution >= 4 is 5.91 Å². The Balaban J connectivity index is 2.65. The Morgan fingerprint density at radius 3 is 2.29 bits per heavy atom. The number of carbonyl (C=O) groups excluding carboxylic acids is 1. The Kier molecular flexibility index (Phi) is 3.65. The lowest BCUT2D eigenvalue weighted by Gasteiger charge is -2.37. The molecule has 2 atom stereocenters. The van der Waals surface area contributed by atoms with Gasteiger partial charge in [0.2, 0.25) is 0 Å². The van der Waals surface area contributed by atoms with Gasteiger partial charge >= 0.3 is 6.18 Å². The van der Waals surface area contributed by atoms with Gasteiger partial charge in [-0.05, 0) is 44.0 Å². The third kappa shape index (κ3) is 2.35. The summed E-state index contributed by atoms with van der Waals surface area (Å²) in [5, 5.41) is 13.1. The highest BCUT2D eigenvalue weighted by atomic mass is 19.4. The maximum Gasteiger partial charge on any atom is 0.458 e. The fraction of sp³-hybridized carbons (Fsp3) is 0.500. The van der Waals surface area contributed by atoms with Crippen LogP contribution in [0.4, 0.5) is 13.2 Å². The van der Waals surface area contributed by atoms with Gasteiger partial charge in [-0.1, -0.05) is 0 Å². The maximum absolute atomic E-state index is 13.7. The molecule has 0 aromatic heterocycles. The van der Waals surface area contributed by atoms with Gasteiger partial charge in [-0.2, -0.15) is 13.2 Å². The first-order valence-corrected chi connectivity index (χ1v) is 6.62. The fourth-order valence-electron chi connectivity index (χ4n) is 2.68. The fourth-order valence-corrected chi connectivity index (χ4v) is 2.68. The van der Waals surface area contributed by atoms with Crippen LogP contribution in [-0.4, -0.2) is 29.8 Å². The molecule has 1 amide bonds. The average molecular weight is 303 g/mol. The number of carbonyl (C=O) groups is 1. The molecule has 1 saturated heterocycles. The third-order valence-corrected chi connectivity index (χ3v) is 3.91. The molecular formula is C14H18F3N2O2+. The second-order valence-electron chi connectivity index (χ2n) is 5.58. The smallest absolute Gasteiger partial charge is 0.458 e. The first-order valence-electron chi connectivity index (χ1n) is 6.62. The van der Waals surface area contributed by atoms with Crippen LogP contribution in [0.1, 0.15) is 23.6 Å². The molecule has 0 radical (unpaired) electrons. The number of phenolic OH excluding ortho intramolecular Hbond substituents is 1. The summed E-state index contributed by atoms with van der Waals surface area (Å²) in [6.07, 6.45) is -4.74. The number of nitrogens with two attached hydrogens (primary N) is 1. The number of amides is 1. The lowest BCUT2D eigenvalue weighted by molar-refractivity contribution is -0.753. The number of nitrogens with one attached hydrogen (secondary N) is 1. The summed E-state index contributed by atoms with van der Waals surface area (Å²) in [6.45, 7) is 4.81. The molecule has 2 rings (SSSR count). The van der Waals surface area contributed by atoms with Crippen molar-refractivity contribution < 1.29 is 28.4 Å². The minimum Gasteiger partial charge on any atom is -0.507 e. The van der Waals surface area contributed by atoms with Gasteiger partial charge in [0.25, 0.3) is 11.4 Å². The number of piperazine rings is 1. The number of rotatable bonds is 1. The molecule has 1 aromatic carbocycles. The number of benzene rings is 1. The molecule has 0 bridgehead atoms. The number of aromatic hydroxyl groups is 1. The van der Waals surface area contributed by atoms with Crippen molar-refractivity contribution in [2.75, 3.05) is 6.54 Å². The predicted octanol–water partition coefficient (Wildman–Crippen LogP) is 0.848. The average Bonchev–Trinajstić information content (AvgIpc) is 2.34. The number of halogens is 3. The number of aryl methyl sites for hydroxylation is 2. The van der Waals surface area contributed by atoms with E-state index in [-0.39, 0.29) is 23.9 Å². The van der Waals surface area contributed by atoms with E-state index in [1.807, 2.05) is 0 Å². The standard InChI is InChI=1S/C14H17F3N2O2/c1-7-4-10(5-8(2)11(7)20)13(14(15,16)17)12(21)19-9(3)6-18-13/h4-5,9,18,20H,6H2,1-3H3,(H,19,21)/p+1/t9-,13+/m1/s1. The van der Waals surface area contributed by atoms with Crippen LogP contribution in [0, 0.1) is 13.8 Å². The van der Waals surface area contributed by atoms with Gasteiger partial charge in [-0.3, -0.25) is 4.79 Å². The zero-order valence-corrected chi connectivity index (χ0v) is 12.0. The van der Waals surface area contributed by atoms with Crippen LogP contribution in [0.15, 0.2) is 12.1 Å². The molecule has 7 heteroatoms. The van der Waals surface area contributed by atoms with E-state index >= 15 is 0 Å². The molecule has 21 heavy (non-hydrogen) atoms. The summed E-state index contributed by atoms with van der Waals surface area (Å²) >= 11 is 0. The summed E-state index contributed by atoms with van der Waals surface area (Å²) < 4.78 is 41.0. The summed E-state index contributed by atoms with van der Waals surface area (Å²) in [5.41, 5.74) is -2.20. The van der Waals surface area contributed by atoms with E-state index in [4.69, 9.17) is 0 Å². The van der Waals surface area contributed by atoms with Gasteiger partial charge in [0.1, 0.15) is 5.75 Å². The van der Waals surface area contributed by atoms with Crippen molar-refractivity contribution in [2.45, 2.75) is 38.5 Å². The molecule has 1 aromatic rings. The Bertz CT molecular complexity index is 563. The highest BCUT2D eigenvalue weighted by molar-refractivity contribution is 5.88. The lowest BCUT2D eigenvalue weighted by Crippen LogP contribution is -3.05. The molecule has 116 valence electrons. The molecule has 0 aliphatic carbocycles. The van der Waals surface area contributed by atoms with E-state index in [2.05, 4.69) is 5.32 Å². The van der Waals surface area contributed by atoms with Crippen molar-refractivity contribution in [3.8, 4) is 5.75 Å². The Morgan fingerprint density at radius 2 is 1.86 bits per heavy atom. The first-order chi connectivity index (χ1) is 9.59. The minimum absolute atomic E-state index is 0.0549. The third-order valence-electron chi connectivity index (χ3n) is 3.91. The van der Waals surface area contributed by atoms with Crippen molar-refractivity contribution in [1.29, 1.82) is 0 Å². The monoisotopic (exact) mass is 303 g/mol. The molecule has 1 heterocycles. The van der Waals surface area contributed by atoms with E-state index in [1.54, 1.807) is 6.92 Å². The summed E-state index contributed by atoms with van der Waals surface area (Å²) in [5.74, 6) is -1.13. The normalized spacial score (nSPS) is 26.6. The number of quaternary nitrogens is 1. The van der Waals surface area contributed by atoms with Gasteiger partial charge in [0.05, 0.1) is 12.6 Å². The minimum atomic E-state index is -4.74. The van der Waals surface area contributed by atoms with Gasteiger partial charge in [0.15, 0.2) is 0 Å². The highest BCUT2D eigenvalue weighted by Gasteiger charge is 2.67. The Hall–Kier alpha value is -1.76. The second-order valence-corrected chi connectivity index (χ2v) is 5.58. The van der Waals surface area contributed by atoms with Crippen molar-refractivity contribution in [3.63, 3.8) is 0 Å². The number of phenols is 1. The second kappa shape index (κ2) is 4.91. The molecule has 1 aliphatic heterocycles. The number of hydrogen-bond acceptors (Lipinski definition) is 2. The summed E-state index contributed by atoms with van der Waals surface area (Å²) in [4.78, 5) is 12.2. The SMILES string of the molecule is Cc1cc([C@]2(C(F)(F)F)[NH2+]C[C@@H](C)NC2=O)cc(C)c1O. The van der Waals surface area contributed by atoms with E-state index < -0.39 is 17.6 Å². The topological polar surface area (TPSA) is 65.9 Å². The van der Waals surface area contributed by atoms with Crippen molar-refractivity contribution in [3.05, 3.63) is 28.8 Å². The Labute approximate surface area is 120 Å². The summed E-state index contributed by atoms with van der Waals surface area (Å²) in [7, 11) is 0. The van der Waals surface area contributed by atoms with E-state index in [0.29, 0.717) is 11.1 Å². The molecule has 0 saturated carbocycles. The lowest BCUT2D eigenvalue weighted by atomic mass is 9.84. The highest BCUT2D eigenvalue weighted by Crippen LogP contribution is 2.39. The molecule has 0 unspecified atom stereocenters. The van der Waals surface area contributed by atoms with E-state index in [0.717, 1.165) is 5.32 Å². The quantitative estimate of drug-likeness (QED) is 0.720. The van der Waals surface area contributed by atoms with Crippen LogP contribution in [0.3, 0.4) is 0 Å². The predicted molar refractivity (Wildman–Crippen MR) is 69.7 cm³/mol. The number of hydrogen-bond donors (Lipinski definition) is 3. The van der Waals surface area contributed by atoms with E-state index in [9.17, 15) is 23.1 Å². The van der Waals surface area contributed by atoms with Gasteiger partial charge in [-0.25, -0.2) is 0 Å². The van der Waals surface area contributed by atoms with Crippen molar-refractivity contribution in [2.24, 2.45) is 0 Å². The van der Waals surface area contributed by atoms with E-state index in [1.165, 1.54) is 26.0 Å². The van der Waals surface area contributed by atoms with Crippen LogP contribution in [0.2, 0.25) is 0 Å². The molecule has 0 spiro atoms. The van der Waals surface area contributed by atoms with Crippen LogP contribution >= 0.6 is 0 Å². The molecule has 4 N–H and O–H groups in total. The van der Waals surface area contributed by atoms with Crippen LogP contribution in [-0.2, 0) is 10.3 Å². The summed E-state index contributed by atoms with van der Waals surface area (Å²) in [6, 6.07) is 2.12. The van der Waals surface area contributed by atoms with Crippen LogP contribution < -0.4 is 10.6 Å². The number of alkyl halides is 3. The van der Waals surface area contributed by atoms with Crippen LogP contribution in [0.5, 0.6) is 5.75 Å². The largest absolute Gasteiger partial charge is 0.507 e. The van der Waals surface area contributed by atoms with Crippen LogP contribution in [0.25, 0.3) is 0 Å². The van der Waals surface area contributed by atoms with Gasteiger partial charge in [0, 0.05) is 5.56 Å². The van der Waals surface area contributed by atoms with Crippen molar-refractivity contribution in [1.82, 2.24) is 5.32 Å². The van der Waals surface area contributed by atoms with Gasteiger partial charge < -0.3 is 15.7 Å².